The van der Waals surface area contributed by atoms with Gasteiger partial charge in [-0.3, -0.25) is 0 Å². The minimum absolute atomic E-state index is 0.0704. The molecule has 1 N–H and O–H groups in total. The molecule has 2 aromatic carbocycles. The number of hydrogen-bond acceptors (Lipinski definition) is 3. The number of rotatable bonds is 5. The predicted molar refractivity (Wildman–Crippen MR) is 75.9 cm³/mol. The van der Waals surface area contributed by atoms with Crippen LogP contribution in [-0.4, -0.2) is 25.0 Å². The van der Waals surface area contributed by atoms with Crippen LogP contribution in [0, 0.1) is 0 Å². The highest BCUT2D eigenvalue weighted by molar-refractivity contribution is 5.68. The first-order valence-electron chi connectivity index (χ1n) is 6.50. The van der Waals surface area contributed by atoms with E-state index in [0.717, 1.165) is 5.56 Å². The molecule has 0 amide bonds. The molecule has 118 valence electrons. The molecule has 0 saturated heterocycles. The zero-order chi connectivity index (χ0) is 16.2. The molecule has 0 aliphatic carbocycles. The zero-order valence-corrected chi connectivity index (χ0v) is 11.9. The second-order valence-electron chi connectivity index (χ2n) is 4.66. The molecular formula is C16H15F3O3. The molecule has 2 aromatic rings. The van der Waals surface area contributed by atoms with E-state index < -0.39 is 12.8 Å². The average Bonchev–Trinajstić information content (AvgIpc) is 2.52. The Morgan fingerprint density at radius 2 is 1.73 bits per heavy atom. The van der Waals surface area contributed by atoms with Crippen LogP contribution in [0.2, 0.25) is 0 Å². The number of aliphatic hydroxyl groups excluding tert-OH is 1. The first kappa shape index (κ1) is 16.2. The van der Waals surface area contributed by atoms with Gasteiger partial charge in [0.2, 0.25) is 0 Å². The van der Waals surface area contributed by atoms with Gasteiger partial charge in [-0.25, -0.2) is 0 Å². The second-order valence-corrected chi connectivity index (χ2v) is 4.66. The van der Waals surface area contributed by atoms with E-state index in [9.17, 15) is 13.2 Å². The molecule has 0 saturated carbocycles. The van der Waals surface area contributed by atoms with Gasteiger partial charge in [0, 0.05) is 6.07 Å². The lowest BCUT2D eigenvalue weighted by molar-refractivity contribution is -0.153. The predicted octanol–water partition coefficient (Wildman–Crippen LogP) is 3.80. The van der Waals surface area contributed by atoms with Crippen LogP contribution in [0.15, 0.2) is 42.5 Å². The molecular weight excluding hydrogens is 297 g/mol. The SMILES string of the molecule is COc1cc(OCC(F)(F)F)cc(-c2cccc(CO)c2)c1. The normalized spacial score (nSPS) is 11.3. The molecule has 0 unspecified atom stereocenters. The van der Waals surface area contributed by atoms with E-state index in [-0.39, 0.29) is 12.4 Å². The summed E-state index contributed by atoms with van der Waals surface area (Å²) in [6.07, 6.45) is -4.40. The van der Waals surface area contributed by atoms with Gasteiger partial charge in [0.25, 0.3) is 0 Å². The van der Waals surface area contributed by atoms with E-state index in [2.05, 4.69) is 0 Å². The summed E-state index contributed by atoms with van der Waals surface area (Å²) in [5, 5.41) is 9.16. The van der Waals surface area contributed by atoms with Crippen molar-refractivity contribution in [1.82, 2.24) is 0 Å². The Morgan fingerprint density at radius 3 is 2.36 bits per heavy atom. The standard InChI is InChI=1S/C16H15F3O3/c1-21-14-6-13(12-4-2-3-11(5-12)9-20)7-15(8-14)22-10-16(17,18)19/h2-8,20H,9-10H2,1H3. The molecule has 0 aromatic heterocycles. The van der Waals surface area contributed by atoms with Crippen molar-refractivity contribution in [3.05, 3.63) is 48.0 Å². The fraction of sp³-hybridized carbons (Fsp3) is 0.250. The van der Waals surface area contributed by atoms with Crippen LogP contribution in [0.25, 0.3) is 11.1 Å². The number of benzene rings is 2. The smallest absolute Gasteiger partial charge is 0.422 e. The Hall–Kier alpha value is -2.21. The van der Waals surface area contributed by atoms with Crippen LogP contribution >= 0.6 is 0 Å². The van der Waals surface area contributed by atoms with Gasteiger partial charge in [-0.2, -0.15) is 13.2 Å². The van der Waals surface area contributed by atoms with Crippen molar-refractivity contribution in [3.63, 3.8) is 0 Å². The molecule has 0 atom stereocenters. The van der Waals surface area contributed by atoms with Crippen LogP contribution in [0.3, 0.4) is 0 Å². The van der Waals surface area contributed by atoms with Crippen molar-refractivity contribution in [3.8, 4) is 22.6 Å². The molecule has 0 aliphatic heterocycles. The summed E-state index contributed by atoms with van der Waals surface area (Å²) in [7, 11) is 1.43. The van der Waals surface area contributed by atoms with Gasteiger partial charge in [0.1, 0.15) is 11.5 Å². The summed E-state index contributed by atoms with van der Waals surface area (Å²) in [5.74, 6) is 0.463. The summed E-state index contributed by atoms with van der Waals surface area (Å²) in [4.78, 5) is 0. The molecule has 0 aliphatic rings. The van der Waals surface area contributed by atoms with Gasteiger partial charge < -0.3 is 14.6 Å². The maximum absolute atomic E-state index is 12.3. The van der Waals surface area contributed by atoms with Gasteiger partial charge in [-0.1, -0.05) is 18.2 Å². The van der Waals surface area contributed by atoms with Gasteiger partial charge in [0.15, 0.2) is 6.61 Å². The monoisotopic (exact) mass is 312 g/mol. The fourth-order valence-electron chi connectivity index (χ4n) is 1.95. The zero-order valence-electron chi connectivity index (χ0n) is 11.9. The summed E-state index contributed by atoms with van der Waals surface area (Å²) in [6.45, 7) is -1.48. The topological polar surface area (TPSA) is 38.7 Å². The first-order valence-corrected chi connectivity index (χ1v) is 6.50. The number of aliphatic hydroxyl groups is 1. The second kappa shape index (κ2) is 6.70. The van der Waals surface area contributed by atoms with E-state index >= 15 is 0 Å². The molecule has 0 spiro atoms. The van der Waals surface area contributed by atoms with Crippen LogP contribution < -0.4 is 9.47 Å². The summed E-state index contributed by atoms with van der Waals surface area (Å²) < 4.78 is 46.7. The highest BCUT2D eigenvalue weighted by Crippen LogP contribution is 2.31. The third-order valence-electron chi connectivity index (χ3n) is 2.96. The molecule has 0 radical (unpaired) electrons. The number of ether oxygens (including phenoxy) is 2. The maximum atomic E-state index is 12.3. The Morgan fingerprint density at radius 1 is 1.00 bits per heavy atom. The molecule has 0 bridgehead atoms. The lowest BCUT2D eigenvalue weighted by Gasteiger charge is -2.13. The van der Waals surface area contributed by atoms with E-state index in [1.807, 2.05) is 0 Å². The van der Waals surface area contributed by atoms with Gasteiger partial charge >= 0.3 is 6.18 Å². The van der Waals surface area contributed by atoms with Crippen molar-refractivity contribution in [2.24, 2.45) is 0 Å². The Labute approximate surface area is 125 Å². The molecule has 0 fully saturated rings. The average molecular weight is 312 g/mol. The number of halogens is 3. The number of methoxy groups -OCH3 is 1. The van der Waals surface area contributed by atoms with Crippen molar-refractivity contribution in [2.75, 3.05) is 13.7 Å². The van der Waals surface area contributed by atoms with Crippen LogP contribution in [-0.2, 0) is 6.61 Å². The van der Waals surface area contributed by atoms with Crippen molar-refractivity contribution in [1.29, 1.82) is 0 Å². The molecule has 22 heavy (non-hydrogen) atoms. The Balaban J connectivity index is 2.34. The maximum Gasteiger partial charge on any atom is 0.422 e. The highest BCUT2D eigenvalue weighted by Gasteiger charge is 2.28. The summed E-state index contributed by atoms with van der Waals surface area (Å²) in [6, 6.07) is 11.7. The third-order valence-corrected chi connectivity index (χ3v) is 2.96. The summed E-state index contributed by atoms with van der Waals surface area (Å²) in [5.41, 5.74) is 2.10. The third kappa shape index (κ3) is 4.39. The Bertz CT molecular complexity index is 639. The van der Waals surface area contributed by atoms with E-state index in [4.69, 9.17) is 14.6 Å². The number of alkyl halides is 3. The first-order chi connectivity index (χ1) is 10.4. The Kier molecular flexibility index (Phi) is 4.92. The van der Waals surface area contributed by atoms with Crippen LogP contribution in [0.4, 0.5) is 13.2 Å². The highest BCUT2D eigenvalue weighted by atomic mass is 19.4. The minimum atomic E-state index is -4.40. The summed E-state index contributed by atoms with van der Waals surface area (Å²) >= 11 is 0. The van der Waals surface area contributed by atoms with E-state index in [1.165, 1.54) is 19.2 Å². The lowest BCUT2D eigenvalue weighted by atomic mass is 10.0. The van der Waals surface area contributed by atoms with E-state index in [1.54, 1.807) is 30.3 Å². The fourth-order valence-corrected chi connectivity index (χ4v) is 1.95. The molecule has 2 rings (SSSR count). The van der Waals surface area contributed by atoms with Crippen molar-refractivity contribution in [2.45, 2.75) is 12.8 Å². The largest absolute Gasteiger partial charge is 0.497 e. The van der Waals surface area contributed by atoms with Crippen molar-refractivity contribution >= 4 is 0 Å². The van der Waals surface area contributed by atoms with E-state index in [0.29, 0.717) is 16.9 Å². The molecule has 6 heteroatoms. The van der Waals surface area contributed by atoms with Crippen LogP contribution in [0.5, 0.6) is 11.5 Å². The van der Waals surface area contributed by atoms with Gasteiger partial charge in [-0.05, 0) is 34.9 Å². The van der Waals surface area contributed by atoms with Crippen LogP contribution in [0.1, 0.15) is 5.56 Å². The van der Waals surface area contributed by atoms with Crippen molar-refractivity contribution < 1.29 is 27.8 Å². The quantitative estimate of drug-likeness (QED) is 0.913. The molecule has 0 heterocycles. The lowest BCUT2D eigenvalue weighted by Crippen LogP contribution is -2.19. The van der Waals surface area contributed by atoms with Gasteiger partial charge in [0.05, 0.1) is 13.7 Å². The molecule has 3 nitrogen and oxygen atoms in total. The number of hydrogen-bond donors (Lipinski definition) is 1. The minimum Gasteiger partial charge on any atom is -0.497 e. The van der Waals surface area contributed by atoms with Gasteiger partial charge in [-0.15, -0.1) is 0 Å².